The van der Waals surface area contributed by atoms with E-state index in [1.54, 1.807) is 34.6 Å². The molecule has 4 atom stereocenters. The molecule has 0 radical (unpaired) electrons. The summed E-state index contributed by atoms with van der Waals surface area (Å²) in [7, 11) is 1.21. The van der Waals surface area contributed by atoms with Crippen LogP contribution in [0.3, 0.4) is 0 Å². The Kier molecular flexibility index (Phi) is 4.42. The van der Waals surface area contributed by atoms with Crippen molar-refractivity contribution in [2.24, 2.45) is 11.1 Å². The summed E-state index contributed by atoms with van der Waals surface area (Å²) < 4.78 is 4.95. The average molecular weight is 371 g/mol. The van der Waals surface area contributed by atoms with E-state index in [9.17, 15) is 19.6 Å². The second kappa shape index (κ2) is 6.42. The van der Waals surface area contributed by atoms with Gasteiger partial charge < -0.3 is 15.4 Å². The standard InChI is InChI=1S/C18H17N3O4S/c1-10(22)11-5-6-13-18(9-19,17(24)25-2)14(12-4-3-7-26-12)15(16(20)23)21(13)8-11/h3-8,13-15H,1-2H3,(H2,20,23)/t13-,14+,15+,18-/m0/s1. The van der Waals surface area contributed by atoms with E-state index in [1.165, 1.54) is 31.6 Å². The first kappa shape index (κ1) is 17.9. The molecule has 0 aromatic carbocycles. The van der Waals surface area contributed by atoms with Gasteiger partial charge in [-0.2, -0.15) is 5.26 Å². The zero-order chi connectivity index (χ0) is 19.1. The third-order valence-electron chi connectivity index (χ3n) is 4.92. The number of allylic oxidation sites excluding steroid dienone is 2. The predicted molar refractivity (Wildman–Crippen MR) is 93.6 cm³/mol. The molecule has 0 saturated carbocycles. The molecule has 0 bridgehead atoms. The Morgan fingerprint density at radius 1 is 1.42 bits per heavy atom. The number of nitrogens with zero attached hydrogens (tertiary/aromatic N) is 2. The molecule has 0 aliphatic carbocycles. The molecule has 1 amide bonds. The minimum Gasteiger partial charge on any atom is -0.468 e. The third kappa shape index (κ3) is 2.35. The Hall–Kier alpha value is -2.92. The average Bonchev–Trinajstić information content (AvgIpc) is 3.24. The number of esters is 1. The highest BCUT2D eigenvalue weighted by molar-refractivity contribution is 7.10. The second-order valence-corrected chi connectivity index (χ2v) is 7.18. The van der Waals surface area contributed by atoms with E-state index in [4.69, 9.17) is 10.5 Å². The monoisotopic (exact) mass is 371 g/mol. The first-order chi connectivity index (χ1) is 12.4. The maximum atomic E-state index is 12.8. The van der Waals surface area contributed by atoms with Gasteiger partial charge in [-0.05, 0) is 18.4 Å². The van der Waals surface area contributed by atoms with Crippen molar-refractivity contribution in [2.45, 2.75) is 24.9 Å². The van der Waals surface area contributed by atoms with Crippen molar-refractivity contribution >= 4 is 29.0 Å². The molecule has 0 unspecified atom stereocenters. The molecule has 3 rings (SSSR count). The smallest absolute Gasteiger partial charge is 0.329 e. The van der Waals surface area contributed by atoms with Gasteiger partial charge in [-0.15, -0.1) is 11.3 Å². The Morgan fingerprint density at radius 3 is 2.65 bits per heavy atom. The number of thiophene rings is 1. The molecule has 1 saturated heterocycles. The number of amides is 1. The number of hydrogen-bond acceptors (Lipinski definition) is 7. The van der Waals surface area contributed by atoms with Gasteiger partial charge in [0, 0.05) is 16.7 Å². The summed E-state index contributed by atoms with van der Waals surface area (Å²) in [6, 6.07) is 3.92. The summed E-state index contributed by atoms with van der Waals surface area (Å²) in [5.74, 6) is -2.41. The molecular formula is C18H17N3O4S. The number of Topliss-reactive ketones (excluding diaryl/α,β-unsaturated/α-hetero) is 1. The topological polar surface area (TPSA) is 113 Å². The van der Waals surface area contributed by atoms with Crippen LogP contribution in [0.15, 0.2) is 41.4 Å². The molecule has 2 aliphatic rings. The molecule has 2 N–H and O–H groups in total. The summed E-state index contributed by atoms with van der Waals surface area (Å²) in [5, 5.41) is 11.9. The highest BCUT2D eigenvalue weighted by atomic mass is 32.1. The Bertz CT molecular complexity index is 867. The lowest BCUT2D eigenvalue weighted by Gasteiger charge is -2.32. The van der Waals surface area contributed by atoms with Crippen molar-refractivity contribution in [3.8, 4) is 6.07 Å². The van der Waals surface area contributed by atoms with Crippen molar-refractivity contribution in [3.05, 3.63) is 46.3 Å². The minimum absolute atomic E-state index is 0.192. The van der Waals surface area contributed by atoms with Gasteiger partial charge in [0.2, 0.25) is 5.91 Å². The lowest BCUT2D eigenvalue weighted by atomic mass is 9.71. The van der Waals surface area contributed by atoms with Crippen LogP contribution < -0.4 is 5.73 Å². The van der Waals surface area contributed by atoms with E-state index < -0.39 is 35.3 Å². The fraction of sp³-hybridized carbons (Fsp3) is 0.333. The number of nitriles is 1. The van der Waals surface area contributed by atoms with Crippen LogP contribution in [0.5, 0.6) is 0 Å². The number of methoxy groups -OCH3 is 1. The molecule has 7 nitrogen and oxygen atoms in total. The quantitative estimate of drug-likeness (QED) is 0.793. The normalized spacial score (nSPS) is 29.5. The van der Waals surface area contributed by atoms with Gasteiger partial charge in [-0.1, -0.05) is 18.2 Å². The summed E-state index contributed by atoms with van der Waals surface area (Å²) in [4.78, 5) is 39.1. The Labute approximate surface area is 154 Å². The molecule has 8 heteroatoms. The number of primary amides is 1. The molecule has 0 spiro atoms. The summed E-state index contributed by atoms with van der Waals surface area (Å²) in [5.41, 5.74) is 4.38. The van der Waals surface area contributed by atoms with Crippen LogP contribution in [0.4, 0.5) is 0 Å². The van der Waals surface area contributed by atoms with Crippen LogP contribution in [0, 0.1) is 16.7 Å². The Morgan fingerprint density at radius 2 is 2.15 bits per heavy atom. The molecule has 26 heavy (non-hydrogen) atoms. The van der Waals surface area contributed by atoms with Crippen LogP contribution in [0.2, 0.25) is 0 Å². The van der Waals surface area contributed by atoms with Gasteiger partial charge in [0.15, 0.2) is 11.2 Å². The van der Waals surface area contributed by atoms with E-state index >= 15 is 0 Å². The first-order valence-corrected chi connectivity index (χ1v) is 8.77. The van der Waals surface area contributed by atoms with Crippen LogP contribution in [0.1, 0.15) is 17.7 Å². The zero-order valence-corrected chi connectivity index (χ0v) is 15.0. The SMILES string of the molecule is COC(=O)[C@]1(C#N)[C@H](c2cccs2)[C@H](C(N)=O)N2C=C(C(C)=O)C=C[C@H]21. The van der Waals surface area contributed by atoms with Gasteiger partial charge in [0.1, 0.15) is 6.04 Å². The van der Waals surface area contributed by atoms with Gasteiger partial charge in [0.05, 0.1) is 25.1 Å². The van der Waals surface area contributed by atoms with Gasteiger partial charge in [0.25, 0.3) is 0 Å². The van der Waals surface area contributed by atoms with Crippen LogP contribution >= 0.6 is 11.3 Å². The highest BCUT2D eigenvalue weighted by Gasteiger charge is 2.66. The first-order valence-electron chi connectivity index (χ1n) is 7.89. The fourth-order valence-electron chi connectivity index (χ4n) is 3.79. The number of fused-ring (bicyclic) bond motifs is 1. The second-order valence-electron chi connectivity index (χ2n) is 6.20. The largest absolute Gasteiger partial charge is 0.468 e. The Balaban J connectivity index is 2.28. The van der Waals surface area contributed by atoms with E-state index in [-0.39, 0.29) is 5.78 Å². The summed E-state index contributed by atoms with van der Waals surface area (Å²) in [6.07, 6.45) is 4.67. The van der Waals surface area contributed by atoms with Gasteiger partial charge >= 0.3 is 5.97 Å². The van der Waals surface area contributed by atoms with E-state index in [0.717, 1.165) is 0 Å². The van der Waals surface area contributed by atoms with E-state index in [2.05, 4.69) is 6.07 Å². The van der Waals surface area contributed by atoms with Crippen molar-refractivity contribution in [3.63, 3.8) is 0 Å². The molecule has 1 aromatic heterocycles. The minimum atomic E-state index is -1.66. The maximum Gasteiger partial charge on any atom is 0.329 e. The van der Waals surface area contributed by atoms with Crippen LogP contribution in [-0.2, 0) is 19.1 Å². The van der Waals surface area contributed by atoms with Crippen molar-refractivity contribution in [1.29, 1.82) is 5.26 Å². The predicted octanol–water partition coefficient (Wildman–Crippen LogP) is 1.10. The molecule has 134 valence electrons. The summed E-state index contributed by atoms with van der Waals surface area (Å²) >= 11 is 1.33. The van der Waals surface area contributed by atoms with E-state index in [0.29, 0.717) is 10.5 Å². The molecule has 1 aromatic rings. The third-order valence-corrected chi connectivity index (χ3v) is 5.87. The van der Waals surface area contributed by atoms with Gasteiger partial charge in [-0.3, -0.25) is 14.4 Å². The molecule has 3 heterocycles. The van der Waals surface area contributed by atoms with Gasteiger partial charge in [-0.25, -0.2) is 0 Å². The number of carbonyl (C=O) groups is 3. The lowest BCUT2D eigenvalue weighted by Crippen LogP contribution is -2.45. The maximum absolute atomic E-state index is 12.8. The lowest BCUT2D eigenvalue weighted by molar-refractivity contribution is -0.150. The number of carbonyl (C=O) groups excluding carboxylic acids is 3. The number of nitrogens with two attached hydrogens (primary N) is 1. The zero-order valence-electron chi connectivity index (χ0n) is 14.2. The van der Waals surface area contributed by atoms with E-state index in [1.807, 2.05) is 0 Å². The van der Waals surface area contributed by atoms with Crippen LogP contribution in [-0.4, -0.2) is 41.8 Å². The highest BCUT2D eigenvalue weighted by Crippen LogP contribution is 2.54. The van der Waals surface area contributed by atoms with Crippen molar-refractivity contribution in [1.82, 2.24) is 4.90 Å². The van der Waals surface area contributed by atoms with Crippen molar-refractivity contribution in [2.75, 3.05) is 7.11 Å². The number of hydrogen-bond donors (Lipinski definition) is 1. The molecule has 2 aliphatic heterocycles. The van der Waals surface area contributed by atoms with Crippen molar-refractivity contribution < 1.29 is 19.1 Å². The fourth-order valence-corrected chi connectivity index (χ4v) is 4.72. The molecular weight excluding hydrogens is 354 g/mol. The molecule has 1 fully saturated rings. The van der Waals surface area contributed by atoms with Crippen LogP contribution in [0.25, 0.3) is 0 Å². The number of rotatable bonds is 4. The summed E-state index contributed by atoms with van der Waals surface area (Å²) in [6.45, 7) is 1.40. The number of ketones is 1. The number of ether oxygens (including phenoxy) is 1.